The van der Waals surface area contributed by atoms with Gasteiger partial charge >= 0.3 is 0 Å². The number of nitrogens with zero attached hydrogens (tertiary/aromatic N) is 1. The second-order valence-electron chi connectivity index (χ2n) is 11.0. The Balaban J connectivity index is 1.21. The number of hydrogen-bond donors (Lipinski definition) is 0. The molecule has 2 aromatic carbocycles. The molecule has 2 heterocycles. The zero-order chi connectivity index (χ0) is 25.1. The number of ether oxygens (including phenoxy) is 4. The molecule has 2 aliphatic heterocycles. The summed E-state index contributed by atoms with van der Waals surface area (Å²) in [6.07, 6.45) is 5.18. The zero-order valence-corrected chi connectivity index (χ0v) is 22.4. The topological polar surface area (TPSA) is 40.2 Å². The number of likely N-dealkylation sites (tertiary alicyclic amines) is 1. The zero-order valence-electron chi connectivity index (χ0n) is 22.4. The van der Waals surface area contributed by atoms with E-state index in [1.165, 1.54) is 22.3 Å². The molecule has 0 unspecified atom stereocenters. The summed E-state index contributed by atoms with van der Waals surface area (Å²) in [5.74, 6) is 2.16. The monoisotopic (exact) mass is 491 g/mol. The highest BCUT2D eigenvalue weighted by molar-refractivity contribution is 5.72. The maximum absolute atomic E-state index is 6.22. The molecular weight excluding hydrogens is 450 g/mol. The van der Waals surface area contributed by atoms with Gasteiger partial charge < -0.3 is 18.9 Å². The number of benzene rings is 2. The van der Waals surface area contributed by atoms with Crippen LogP contribution in [0, 0.1) is 5.92 Å². The SMILES string of the molecule is COc1cc(CC(C)C)ccc1COc1ccc2c(c1)CCC(CN1CCC3(CC1)OCCO3)=C2C. The summed E-state index contributed by atoms with van der Waals surface area (Å²) in [6, 6.07) is 13.1. The molecule has 1 spiro atoms. The minimum atomic E-state index is -0.296. The van der Waals surface area contributed by atoms with E-state index in [9.17, 15) is 0 Å². The standard InChI is InChI=1S/C31H41NO4/c1-22(2)17-24-5-6-27(30(18-24)33-4)21-34-28-9-10-29-23(3)26(8-7-25(29)19-28)20-32-13-11-31(12-14-32)35-15-16-36-31/h5-6,9-10,18-19,22H,7-8,11-17,20-21H2,1-4H3. The molecule has 1 aliphatic carbocycles. The van der Waals surface area contributed by atoms with Crippen LogP contribution in [0.2, 0.25) is 0 Å². The van der Waals surface area contributed by atoms with Gasteiger partial charge in [0.05, 0.1) is 20.3 Å². The van der Waals surface area contributed by atoms with E-state index in [0.717, 1.165) is 82.0 Å². The molecule has 3 aliphatic rings. The Kier molecular flexibility index (Phi) is 7.71. The fraction of sp³-hybridized carbons (Fsp3) is 0.548. The molecule has 5 heteroatoms. The summed E-state index contributed by atoms with van der Waals surface area (Å²) in [6.45, 7) is 11.9. The fourth-order valence-corrected chi connectivity index (χ4v) is 5.87. The first-order chi connectivity index (χ1) is 17.4. The normalized spacial score (nSPS) is 19.7. The minimum Gasteiger partial charge on any atom is -0.496 e. The van der Waals surface area contributed by atoms with Crippen molar-refractivity contribution in [1.82, 2.24) is 4.90 Å². The Bertz CT molecular complexity index is 1090. The third kappa shape index (κ3) is 5.64. The van der Waals surface area contributed by atoms with Crippen molar-refractivity contribution in [2.45, 2.75) is 65.3 Å². The van der Waals surface area contributed by atoms with Crippen molar-refractivity contribution in [3.63, 3.8) is 0 Å². The number of rotatable bonds is 8. The third-order valence-electron chi connectivity index (χ3n) is 7.94. The predicted octanol–water partition coefficient (Wildman–Crippen LogP) is 6.03. The second-order valence-corrected chi connectivity index (χ2v) is 11.0. The molecule has 2 saturated heterocycles. The fourth-order valence-electron chi connectivity index (χ4n) is 5.87. The molecule has 2 fully saturated rings. The maximum atomic E-state index is 6.22. The number of piperidine rings is 1. The van der Waals surface area contributed by atoms with E-state index in [1.54, 1.807) is 12.7 Å². The summed E-state index contributed by atoms with van der Waals surface area (Å²) in [7, 11) is 1.74. The van der Waals surface area contributed by atoms with Gasteiger partial charge in [-0.1, -0.05) is 37.6 Å². The van der Waals surface area contributed by atoms with Crippen LogP contribution >= 0.6 is 0 Å². The van der Waals surface area contributed by atoms with E-state index in [1.807, 2.05) is 0 Å². The Morgan fingerprint density at radius 1 is 1.00 bits per heavy atom. The van der Waals surface area contributed by atoms with E-state index < -0.39 is 0 Å². The first-order valence-corrected chi connectivity index (χ1v) is 13.6. The highest BCUT2D eigenvalue weighted by atomic mass is 16.7. The van der Waals surface area contributed by atoms with Crippen LogP contribution in [-0.4, -0.2) is 50.6 Å². The van der Waals surface area contributed by atoms with Gasteiger partial charge in [-0.25, -0.2) is 0 Å². The van der Waals surface area contributed by atoms with Crippen LogP contribution in [0.5, 0.6) is 11.5 Å². The van der Waals surface area contributed by atoms with Crippen molar-refractivity contribution in [3.8, 4) is 11.5 Å². The second kappa shape index (κ2) is 11.0. The summed E-state index contributed by atoms with van der Waals surface area (Å²) in [4.78, 5) is 2.57. The number of fused-ring (bicyclic) bond motifs is 1. The van der Waals surface area contributed by atoms with Crippen molar-refractivity contribution < 1.29 is 18.9 Å². The van der Waals surface area contributed by atoms with Gasteiger partial charge in [0, 0.05) is 38.0 Å². The van der Waals surface area contributed by atoms with Crippen LogP contribution in [-0.2, 0) is 28.9 Å². The number of aryl methyl sites for hydroxylation is 1. The van der Waals surface area contributed by atoms with Crippen molar-refractivity contribution in [2.24, 2.45) is 5.92 Å². The smallest absolute Gasteiger partial charge is 0.170 e. The van der Waals surface area contributed by atoms with Crippen molar-refractivity contribution in [2.75, 3.05) is 40.0 Å². The van der Waals surface area contributed by atoms with Gasteiger partial charge in [0.1, 0.15) is 18.1 Å². The molecule has 0 N–H and O–H groups in total. The molecule has 2 aromatic rings. The molecule has 194 valence electrons. The molecule has 0 aromatic heterocycles. The first kappa shape index (κ1) is 25.3. The molecule has 5 nitrogen and oxygen atoms in total. The van der Waals surface area contributed by atoms with Gasteiger partial charge in [-0.3, -0.25) is 4.90 Å². The summed E-state index contributed by atoms with van der Waals surface area (Å²) < 4.78 is 23.7. The average Bonchev–Trinajstić information content (AvgIpc) is 3.34. The van der Waals surface area contributed by atoms with E-state index in [0.29, 0.717) is 12.5 Å². The lowest BCUT2D eigenvalue weighted by Crippen LogP contribution is -2.45. The first-order valence-electron chi connectivity index (χ1n) is 13.6. The van der Waals surface area contributed by atoms with Gasteiger partial charge in [0.2, 0.25) is 0 Å². The molecular formula is C31H41NO4. The number of allylic oxidation sites excluding steroid dienone is 1. The van der Waals surface area contributed by atoms with Crippen LogP contribution in [0.25, 0.3) is 5.57 Å². The number of hydrogen-bond acceptors (Lipinski definition) is 5. The van der Waals surface area contributed by atoms with Crippen LogP contribution in [0.1, 0.15) is 62.3 Å². The number of methoxy groups -OCH3 is 1. The van der Waals surface area contributed by atoms with Crippen molar-refractivity contribution in [3.05, 3.63) is 64.2 Å². The van der Waals surface area contributed by atoms with Gasteiger partial charge in [-0.2, -0.15) is 0 Å². The Morgan fingerprint density at radius 3 is 2.50 bits per heavy atom. The van der Waals surface area contributed by atoms with Gasteiger partial charge in [-0.15, -0.1) is 0 Å². The highest BCUT2D eigenvalue weighted by Gasteiger charge is 2.39. The lowest BCUT2D eigenvalue weighted by Gasteiger charge is -2.38. The van der Waals surface area contributed by atoms with Gasteiger partial charge in [0.25, 0.3) is 0 Å². The molecule has 0 amide bonds. The van der Waals surface area contributed by atoms with Crippen LogP contribution in [0.4, 0.5) is 0 Å². The van der Waals surface area contributed by atoms with E-state index >= 15 is 0 Å². The third-order valence-corrected chi connectivity index (χ3v) is 7.94. The van der Waals surface area contributed by atoms with Gasteiger partial charge in [-0.05, 0) is 72.6 Å². The van der Waals surface area contributed by atoms with Crippen molar-refractivity contribution >= 4 is 5.57 Å². The predicted molar refractivity (Wildman–Crippen MR) is 144 cm³/mol. The van der Waals surface area contributed by atoms with E-state index in [-0.39, 0.29) is 5.79 Å². The van der Waals surface area contributed by atoms with Crippen LogP contribution in [0.3, 0.4) is 0 Å². The lowest BCUT2D eigenvalue weighted by molar-refractivity contribution is -0.184. The summed E-state index contributed by atoms with van der Waals surface area (Å²) in [5, 5.41) is 0. The Hall–Kier alpha value is -2.34. The quantitative estimate of drug-likeness (QED) is 0.451. The molecule has 0 radical (unpaired) electrons. The van der Waals surface area contributed by atoms with Crippen LogP contribution < -0.4 is 9.47 Å². The van der Waals surface area contributed by atoms with Crippen LogP contribution in [0.15, 0.2) is 42.0 Å². The Morgan fingerprint density at radius 2 is 1.78 bits per heavy atom. The van der Waals surface area contributed by atoms with E-state index in [4.69, 9.17) is 18.9 Å². The maximum Gasteiger partial charge on any atom is 0.170 e. The van der Waals surface area contributed by atoms with E-state index in [2.05, 4.69) is 62.1 Å². The molecule has 0 bridgehead atoms. The largest absolute Gasteiger partial charge is 0.496 e. The molecule has 0 atom stereocenters. The summed E-state index contributed by atoms with van der Waals surface area (Å²) in [5.41, 5.74) is 8.14. The van der Waals surface area contributed by atoms with Gasteiger partial charge in [0.15, 0.2) is 5.79 Å². The molecule has 0 saturated carbocycles. The minimum absolute atomic E-state index is 0.296. The molecule has 5 rings (SSSR count). The van der Waals surface area contributed by atoms with Crippen molar-refractivity contribution in [1.29, 1.82) is 0 Å². The summed E-state index contributed by atoms with van der Waals surface area (Å²) >= 11 is 0. The lowest BCUT2D eigenvalue weighted by atomic mass is 9.85. The Labute approximate surface area is 216 Å². The average molecular weight is 492 g/mol. The molecule has 36 heavy (non-hydrogen) atoms. The highest BCUT2D eigenvalue weighted by Crippen LogP contribution is 2.36.